The van der Waals surface area contributed by atoms with Crippen LogP contribution in [0.3, 0.4) is 0 Å². The number of aromatic nitrogens is 2. The molecular weight excluding hydrogens is 242 g/mol. The van der Waals surface area contributed by atoms with E-state index in [1.54, 1.807) is 6.20 Å². The summed E-state index contributed by atoms with van der Waals surface area (Å²) in [5.41, 5.74) is 4.53. The highest BCUT2D eigenvalue weighted by molar-refractivity contribution is 6.06. The first-order chi connectivity index (χ1) is 9.35. The fraction of sp³-hybridized carbons (Fsp3) is 0.154. The molecule has 96 valence electrons. The highest BCUT2D eigenvalue weighted by Gasteiger charge is 2.22. The van der Waals surface area contributed by atoms with E-state index in [1.165, 1.54) is 6.33 Å². The first kappa shape index (κ1) is 11.6. The zero-order valence-corrected chi connectivity index (χ0v) is 10.4. The van der Waals surface area contributed by atoms with Crippen molar-refractivity contribution in [1.29, 1.82) is 0 Å². The lowest BCUT2D eigenvalue weighted by molar-refractivity contribution is 0.235. The van der Waals surface area contributed by atoms with Gasteiger partial charge in [0.05, 0.1) is 16.9 Å². The predicted molar refractivity (Wildman–Crippen MR) is 72.3 cm³/mol. The molecule has 0 spiro atoms. The number of fused-ring (bicyclic) bond motifs is 2. The van der Waals surface area contributed by atoms with Gasteiger partial charge in [0, 0.05) is 12.7 Å². The molecule has 2 heterocycles. The monoisotopic (exact) mass is 255 g/mol. The first-order valence-electron chi connectivity index (χ1n) is 6.01. The van der Waals surface area contributed by atoms with Gasteiger partial charge in [0.15, 0.2) is 5.84 Å². The van der Waals surface area contributed by atoms with Crippen LogP contribution in [0.2, 0.25) is 0 Å². The molecule has 2 N–H and O–H groups in total. The molecule has 1 aromatic heterocycles. The number of hydroxylamine groups is 1. The van der Waals surface area contributed by atoms with E-state index in [0.29, 0.717) is 11.4 Å². The van der Waals surface area contributed by atoms with Gasteiger partial charge in [-0.15, -0.1) is 0 Å². The minimum Gasteiger partial charge on any atom is -0.324 e. The second-order valence-corrected chi connectivity index (χ2v) is 4.07. The summed E-state index contributed by atoms with van der Waals surface area (Å²) in [5, 5.41) is 9.29. The standard InChI is InChI=1S/C13H13N5O/c1-2-18-11-6-4-3-5-10(11)16-12(17-19)9-7-14-8-15-13(9)18/h3-8,19H,2H2,1H3,(H,16,17). The normalized spacial score (nSPS) is 13.2. The van der Waals surface area contributed by atoms with Crippen LogP contribution in [-0.2, 0) is 0 Å². The summed E-state index contributed by atoms with van der Waals surface area (Å²) < 4.78 is 0. The summed E-state index contributed by atoms with van der Waals surface area (Å²) in [4.78, 5) is 14.8. The third kappa shape index (κ3) is 1.82. The Morgan fingerprint density at radius 1 is 1.32 bits per heavy atom. The van der Waals surface area contributed by atoms with Crippen LogP contribution < -0.4 is 10.4 Å². The van der Waals surface area contributed by atoms with Crippen LogP contribution in [0, 0.1) is 0 Å². The molecule has 6 heteroatoms. The number of hydrogen-bond acceptors (Lipinski definition) is 6. The van der Waals surface area contributed by atoms with Crippen LogP contribution in [0.4, 0.5) is 17.2 Å². The number of nitrogens with one attached hydrogen (secondary N) is 1. The molecule has 0 saturated heterocycles. The minimum atomic E-state index is 0.346. The Kier molecular flexibility index (Phi) is 2.85. The molecule has 0 saturated carbocycles. The molecule has 19 heavy (non-hydrogen) atoms. The third-order valence-corrected chi connectivity index (χ3v) is 3.03. The molecule has 1 aliphatic heterocycles. The van der Waals surface area contributed by atoms with Gasteiger partial charge in [0.25, 0.3) is 0 Å². The molecule has 2 aromatic rings. The summed E-state index contributed by atoms with van der Waals surface area (Å²) in [7, 11) is 0. The van der Waals surface area contributed by atoms with Crippen LogP contribution in [0.5, 0.6) is 0 Å². The Balaban J connectivity index is 2.31. The van der Waals surface area contributed by atoms with Gasteiger partial charge < -0.3 is 4.90 Å². The number of rotatable bonds is 1. The average Bonchev–Trinajstić information content (AvgIpc) is 2.61. The summed E-state index contributed by atoms with van der Waals surface area (Å²) in [6.07, 6.45) is 3.13. The quantitative estimate of drug-likeness (QED) is 0.762. The van der Waals surface area contributed by atoms with E-state index >= 15 is 0 Å². The molecule has 3 rings (SSSR count). The fourth-order valence-corrected chi connectivity index (χ4v) is 2.19. The second kappa shape index (κ2) is 4.66. The Morgan fingerprint density at radius 2 is 2.16 bits per heavy atom. The second-order valence-electron chi connectivity index (χ2n) is 4.07. The van der Waals surface area contributed by atoms with Crippen LogP contribution in [0.15, 0.2) is 41.8 Å². The first-order valence-corrected chi connectivity index (χ1v) is 6.01. The van der Waals surface area contributed by atoms with Crippen molar-refractivity contribution in [1.82, 2.24) is 15.4 Å². The van der Waals surface area contributed by atoms with Crippen LogP contribution in [0.1, 0.15) is 12.5 Å². The van der Waals surface area contributed by atoms with Gasteiger partial charge in [-0.1, -0.05) is 12.1 Å². The Labute approximate surface area is 110 Å². The largest absolute Gasteiger partial charge is 0.324 e. The number of aliphatic imine (C=N–C) groups is 1. The number of amidine groups is 1. The van der Waals surface area contributed by atoms with Crippen LogP contribution in [-0.4, -0.2) is 27.6 Å². The predicted octanol–water partition coefficient (Wildman–Crippen LogP) is 2.01. The van der Waals surface area contributed by atoms with Gasteiger partial charge in [-0.3, -0.25) is 10.7 Å². The number of nitrogens with zero attached hydrogens (tertiary/aromatic N) is 4. The zero-order valence-electron chi connectivity index (χ0n) is 10.4. The molecule has 0 amide bonds. The average molecular weight is 255 g/mol. The Bertz CT molecular complexity index is 640. The van der Waals surface area contributed by atoms with Crippen molar-refractivity contribution in [2.45, 2.75) is 6.92 Å². The van der Waals surface area contributed by atoms with Crippen molar-refractivity contribution in [3.8, 4) is 0 Å². The highest BCUT2D eigenvalue weighted by atomic mass is 16.5. The topological polar surface area (TPSA) is 73.6 Å². The van der Waals surface area contributed by atoms with E-state index in [0.717, 1.165) is 23.7 Å². The van der Waals surface area contributed by atoms with E-state index in [1.807, 2.05) is 36.1 Å². The lowest BCUT2D eigenvalue weighted by Gasteiger charge is -2.22. The number of para-hydroxylation sites is 2. The van der Waals surface area contributed by atoms with E-state index in [4.69, 9.17) is 0 Å². The van der Waals surface area contributed by atoms with E-state index in [9.17, 15) is 5.21 Å². The molecule has 0 atom stereocenters. The zero-order chi connectivity index (χ0) is 13.2. The van der Waals surface area contributed by atoms with Crippen molar-refractivity contribution in [2.24, 2.45) is 4.99 Å². The molecular formula is C13H13N5O. The highest BCUT2D eigenvalue weighted by Crippen LogP contribution is 2.37. The minimum absolute atomic E-state index is 0.346. The van der Waals surface area contributed by atoms with Crippen molar-refractivity contribution in [2.75, 3.05) is 11.4 Å². The van der Waals surface area contributed by atoms with Gasteiger partial charge >= 0.3 is 0 Å². The Morgan fingerprint density at radius 3 is 2.95 bits per heavy atom. The van der Waals surface area contributed by atoms with Gasteiger partial charge in [-0.25, -0.2) is 15.0 Å². The maximum Gasteiger partial charge on any atom is 0.162 e. The maximum absolute atomic E-state index is 9.29. The molecule has 1 aromatic carbocycles. The lowest BCUT2D eigenvalue weighted by Crippen LogP contribution is -2.24. The molecule has 0 unspecified atom stereocenters. The van der Waals surface area contributed by atoms with Gasteiger partial charge in [0.1, 0.15) is 12.1 Å². The molecule has 0 bridgehead atoms. The summed E-state index contributed by atoms with van der Waals surface area (Å²) >= 11 is 0. The van der Waals surface area contributed by atoms with Gasteiger partial charge in [-0.2, -0.15) is 0 Å². The third-order valence-electron chi connectivity index (χ3n) is 3.03. The van der Waals surface area contributed by atoms with E-state index < -0.39 is 0 Å². The van der Waals surface area contributed by atoms with Crippen LogP contribution in [0.25, 0.3) is 0 Å². The number of anilines is 2. The fourth-order valence-electron chi connectivity index (χ4n) is 2.19. The van der Waals surface area contributed by atoms with Gasteiger partial charge in [0.2, 0.25) is 0 Å². The SMILES string of the molecule is CCN1c2ccccc2N=C(NO)c2cncnc21. The smallest absolute Gasteiger partial charge is 0.162 e. The molecule has 0 aliphatic carbocycles. The van der Waals surface area contributed by atoms with E-state index in [-0.39, 0.29) is 0 Å². The lowest BCUT2D eigenvalue weighted by atomic mass is 10.2. The van der Waals surface area contributed by atoms with Crippen molar-refractivity contribution in [3.05, 3.63) is 42.4 Å². The molecule has 0 fully saturated rings. The molecule has 1 aliphatic rings. The van der Waals surface area contributed by atoms with Crippen molar-refractivity contribution < 1.29 is 5.21 Å². The molecule has 6 nitrogen and oxygen atoms in total. The summed E-state index contributed by atoms with van der Waals surface area (Å²) in [6.45, 7) is 2.79. The van der Waals surface area contributed by atoms with E-state index in [2.05, 4.69) is 20.4 Å². The van der Waals surface area contributed by atoms with Crippen LogP contribution >= 0.6 is 0 Å². The van der Waals surface area contributed by atoms with Crippen molar-refractivity contribution in [3.63, 3.8) is 0 Å². The molecule has 0 radical (unpaired) electrons. The van der Waals surface area contributed by atoms with Crippen molar-refractivity contribution >= 4 is 23.0 Å². The number of hydrogen-bond donors (Lipinski definition) is 2. The maximum atomic E-state index is 9.29. The Hall–Kier alpha value is -2.47. The number of benzene rings is 1. The van der Waals surface area contributed by atoms with Gasteiger partial charge in [-0.05, 0) is 19.1 Å². The summed E-state index contributed by atoms with van der Waals surface area (Å²) in [6, 6.07) is 7.74. The summed E-state index contributed by atoms with van der Waals surface area (Å²) in [5.74, 6) is 1.07.